The lowest BCUT2D eigenvalue weighted by molar-refractivity contribution is 1.20. The average Bonchev–Trinajstić information content (AvgIpc) is 2.83. The number of aryl methyl sites for hydroxylation is 1. The number of fused-ring (bicyclic) bond motifs is 1. The highest BCUT2D eigenvalue weighted by molar-refractivity contribution is 9.10. The van der Waals surface area contributed by atoms with Crippen LogP contribution in [-0.2, 0) is 0 Å². The quantitative estimate of drug-likeness (QED) is 0.652. The van der Waals surface area contributed by atoms with E-state index in [4.69, 9.17) is 11.6 Å². The zero-order valence-electron chi connectivity index (χ0n) is 11.4. The first kappa shape index (κ1) is 14.6. The summed E-state index contributed by atoms with van der Waals surface area (Å²) in [5.74, 6) is 1.33. The Morgan fingerprint density at radius 2 is 2.05 bits per heavy atom. The van der Waals surface area contributed by atoms with E-state index in [1.165, 1.54) is 4.88 Å². The van der Waals surface area contributed by atoms with E-state index in [0.29, 0.717) is 11.0 Å². The van der Waals surface area contributed by atoms with E-state index < -0.39 is 0 Å². The van der Waals surface area contributed by atoms with Crippen LogP contribution in [0.1, 0.15) is 4.88 Å². The summed E-state index contributed by atoms with van der Waals surface area (Å²) in [5, 5.41) is 7.92. The number of thiophene rings is 1. The topological polar surface area (TPSA) is 49.8 Å². The fourth-order valence-corrected chi connectivity index (χ4v) is 3.38. The third-order valence-corrected chi connectivity index (χ3v) is 4.69. The summed E-state index contributed by atoms with van der Waals surface area (Å²) in [5.41, 5.74) is 0.803. The van der Waals surface area contributed by atoms with Crippen LogP contribution in [0.4, 0.5) is 17.5 Å². The Morgan fingerprint density at radius 3 is 2.81 bits per heavy atom. The molecule has 0 unspecified atom stereocenters. The molecule has 0 radical (unpaired) electrons. The molecule has 0 atom stereocenters. The fourth-order valence-electron chi connectivity index (χ4n) is 1.97. The second-order valence-corrected chi connectivity index (χ2v) is 7.03. The molecular formula is C14H12BrClN4S. The van der Waals surface area contributed by atoms with Crippen LogP contribution >= 0.6 is 38.9 Å². The van der Waals surface area contributed by atoms with Gasteiger partial charge in [0.25, 0.3) is 0 Å². The SMILES string of the molecule is CNc1nc(Nc2cc(Br)ccc2Cl)c2cc(C)sc2n1. The molecule has 0 aliphatic rings. The summed E-state index contributed by atoms with van der Waals surface area (Å²) in [4.78, 5) is 11.1. The minimum Gasteiger partial charge on any atom is -0.357 e. The van der Waals surface area contributed by atoms with Gasteiger partial charge in [0.05, 0.1) is 16.1 Å². The van der Waals surface area contributed by atoms with Gasteiger partial charge < -0.3 is 10.6 Å². The molecule has 0 aliphatic heterocycles. The van der Waals surface area contributed by atoms with E-state index in [9.17, 15) is 0 Å². The summed E-state index contributed by atoms with van der Waals surface area (Å²) in [6.07, 6.45) is 0. The number of benzene rings is 1. The summed E-state index contributed by atoms with van der Waals surface area (Å²) in [6, 6.07) is 7.74. The minimum absolute atomic E-state index is 0.581. The van der Waals surface area contributed by atoms with Gasteiger partial charge in [-0.15, -0.1) is 11.3 Å². The number of anilines is 3. The molecule has 0 aliphatic carbocycles. The maximum absolute atomic E-state index is 6.24. The molecule has 4 nitrogen and oxygen atoms in total. The van der Waals surface area contributed by atoms with Crippen molar-refractivity contribution in [2.75, 3.05) is 17.7 Å². The number of aromatic nitrogens is 2. The van der Waals surface area contributed by atoms with Gasteiger partial charge >= 0.3 is 0 Å². The predicted octanol–water partition coefficient (Wildman–Crippen LogP) is 5.20. The molecule has 0 spiro atoms. The van der Waals surface area contributed by atoms with Crippen molar-refractivity contribution in [3.8, 4) is 0 Å². The molecule has 0 amide bonds. The Morgan fingerprint density at radius 1 is 1.24 bits per heavy atom. The smallest absolute Gasteiger partial charge is 0.225 e. The Bertz CT molecular complexity index is 818. The minimum atomic E-state index is 0.581. The first-order valence-corrected chi connectivity index (χ1v) is 8.23. The number of rotatable bonds is 3. The van der Waals surface area contributed by atoms with Crippen molar-refractivity contribution < 1.29 is 0 Å². The van der Waals surface area contributed by atoms with Gasteiger partial charge in [0.15, 0.2) is 0 Å². The summed E-state index contributed by atoms with van der Waals surface area (Å²) >= 11 is 11.3. The first-order chi connectivity index (χ1) is 10.1. The molecule has 0 saturated heterocycles. The molecule has 0 fully saturated rings. The van der Waals surface area contributed by atoms with Crippen molar-refractivity contribution in [2.24, 2.45) is 0 Å². The highest BCUT2D eigenvalue weighted by Gasteiger charge is 2.11. The molecule has 2 aromatic heterocycles. The van der Waals surface area contributed by atoms with Crippen LogP contribution < -0.4 is 10.6 Å². The fraction of sp³-hybridized carbons (Fsp3) is 0.143. The zero-order valence-corrected chi connectivity index (χ0v) is 14.5. The highest BCUT2D eigenvalue weighted by Crippen LogP contribution is 2.34. The third kappa shape index (κ3) is 2.97. The van der Waals surface area contributed by atoms with E-state index in [-0.39, 0.29) is 0 Å². The van der Waals surface area contributed by atoms with Gasteiger partial charge in [0.2, 0.25) is 5.95 Å². The van der Waals surface area contributed by atoms with Gasteiger partial charge in [0, 0.05) is 16.4 Å². The number of hydrogen-bond acceptors (Lipinski definition) is 5. The Balaban J connectivity index is 2.12. The van der Waals surface area contributed by atoms with Crippen LogP contribution in [0, 0.1) is 6.92 Å². The number of nitrogens with zero attached hydrogens (tertiary/aromatic N) is 2. The number of nitrogens with one attached hydrogen (secondary N) is 2. The lowest BCUT2D eigenvalue weighted by Gasteiger charge is -2.10. The van der Waals surface area contributed by atoms with Crippen LogP contribution in [0.3, 0.4) is 0 Å². The maximum Gasteiger partial charge on any atom is 0.225 e. The second kappa shape index (κ2) is 5.79. The predicted molar refractivity (Wildman–Crippen MR) is 94.1 cm³/mol. The van der Waals surface area contributed by atoms with Crippen molar-refractivity contribution in [1.29, 1.82) is 0 Å². The Labute approximate surface area is 139 Å². The monoisotopic (exact) mass is 382 g/mol. The summed E-state index contributed by atoms with van der Waals surface area (Å²) in [6.45, 7) is 2.06. The Kier molecular flexibility index (Phi) is 4.01. The molecule has 0 saturated carbocycles. The number of hydrogen-bond donors (Lipinski definition) is 2. The van der Waals surface area contributed by atoms with E-state index in [1.54, 1.807) is 18.4 Å². The van der Waals surface area contributed by atoms with E-state index in [2.05, 4.69) is 49.5 Å². The van der Waals surface area contributed by atoms with Gasteiger partial charge in [-0.05, 0) is 31.2 Å². The van der Waals surface area contributed by atoms with Crippen molar-refractivity contribution in [3.63, 3.8) is 0 Å². The Hall–Kier alpha value is -1.37. The van der Waals surface area contributed by atoms with Crippen molar-refractivity contribution in [1.82, 2.24) is 9.97 Å². The van der Waals surface area contributed by atoms with Crippen molar-refractivity contribution >= 4 is 66.5 Å². The molecule has 1 aromatic carbocycles. The normalized spacial score (nSPS) is 10.9. The van der Waals surface area contributed by atoms with E-state index >= 15 is 0 Å². The zero-order chi connectivity index (χ0) is 15.0. The van der Waals surface area contributed by atoms with E-state index in [0.717, 1.165) is 26.2 Å². The van der Waals surface area contributed by atoms with Crippen LogP contribution in [0.2, 0.25) is 5.02 Å². The van der Waals surface area contributed by atoms with Crippen molar-refractivity contribution in [2.45, 2.75) is 6.92 Å². The van der Waals surface area contributed by atoms with Crippen LogP contribution in [-0.4, -0.2) is 17.0 Å². The van der Waals surface area contributed by atoms with Crippen LogP contribution in [0.25, 0.3) is 10.2 Å². The van der Waals surface area contributed by atoms with Gasteiger partial charge in [0.1, 0.15) is 10.6 Å². The molecule has 3 rings (SSSR count). The standard InChI is InChI=1S/C14H12BrClN4S/c1-7-5-9-12(19-14(17-2)20-13(9)21-7)18-11-6-8(15)3-4-10(11)16/h3-6H,1-2H3,(H2,17,18,19,20). The van der Waals surface area contributed by atoms with Crippen molar-refractivity contribution in [3.05, 3.63) is 38.6 Å². The molecule has 3 aromatic rings. The first-order valence-electron chi connectivity index (χ1n) is 6.25. The molecular weight excluding hydrogens is 372 g/mol. The molecule has 2 N–H and O–H groups in total. The average molecular weight is 384 g/mol. The maximum atomic E-state index is 6.24. The lowest BCUT2D eigenvalue weighted by atomic mass is 10.3. The van der Waals surface area contributed by atoms with Crippen LogP contribution in [0.15, 0.2) is 28.7 Å². The molecule has 2 heterocycles. The molecule has 21 heavy (non-hydrogen) atoms. The lowest BCUT2D eigenvalue weighted by Crippen LogP contribution is -2.01. The summed E-state index contributed by atoms with van der Waals surface area (Å²) < 4.78 is 0.954. The molecule has 0 bridgehead atoms. The second-order valence-electron chi connectivity index (χ2n) is 4.47. The van der Waals surface area contributed by atoms with Gasteiger partial charge in [-0.3, -0.25) is 0 Å². The molecule has 7 heteroatoms. The van der Waals surface area contributed by atoms with Gasteiger partial charge in [-0.25, -0.2) is 4.98 Å². The number of halogens is 2. The van der Waals surface area contributed by atoms with Gasteiger partial charge in [-0.1, -0.05) is 27.5 Å². The highest BCUT2D eigenvalue weighted by atomic mass is 79.9. The largest absolute Gasteiger partial charge is 0.357 e. The third-order valence-electron chi connectivity index (χ3n) is 2.92. The molecule has 108 valence electrons. The summed E-state index contributed by atoms with van der Waals surface area (Å²) in [7, 11) is 1.80. The van der Waals surface area contributed by atoms with Gasteiger partial charge in [-0.2, -0.15) is 4.98 Å². The van der Waals surface area contributed by atoms with Crippen LogP contribution in [0.5, 0.6) is 0 Å². The van der Waals surface area contributed by atoms with E-state index in [1.807, 2.05) is 18.2 Å².